The quantitative estimate of drug-likeness (QED) is 0.190. The van der Waals surface area contributed by atoms with Crippen LogP contribution >= 0.6 is 0 Å². The minimum absolute atomic E-state index is 0.0184. The number of carbonyl (C=O) groups is 2. The number of rotatable bonds is 10. The fourth-order valence-corrected chi connectivity index (χ4v) is 4.31. The molecule has 1 heterocycles. The molecule has 4 aromatic carbocycles. The van der Waals surface area contributed by atoms with Gasteiger partial charge < -0.3 is 18.9 Å². The summed E-state index contributed by atoms with van der Waals surface area (Å²) in [6.07, 6.45) is 0. The van der Waals surface area contributed by atoms with E-state index >= 15 is 0 Å². The van der Waals surface area contributed by atoms with Crippen molar-refractivity contribution >= 4 is 11.9 Å². The fourth-order valence-electron chi connectivity index (χ4n) is 4.31. The molecule has 8 heteroatoms. The molecule has 0 amide bonds. The van der Waals surface area contributed by atoms with Crippen LogP contribution in [-0.4, -0.2) is 35.9 Å². The monoisotopic (exact) mass is 548 g/mol. The third kappa shape index (κ3) is 6.12. The van der Waals surface area contributed by atoms with Gasteiger partial charge in [0.1, 0.15) is 24.5 Å². The number of methoxy groups -OCH3 is 2. The molecule has 0 aliphatic rings. The summed E-state index contributed by atoms with van der Waals surface area (Å²) in [6.45, 7) is 0.631. The Bertz CT molecular complexity index is 1630. The van der Waals surface area contributed by atoms with Crippen molar-refractivity contribution in [1.29, 1.82) is 0 Å². The molecule has 0 spiro atoms. The number of hydrogen-bond donors (Lipinski definition) is 0. The number of nitrogens with zero attached hydrogens (tertiary/aromatic N) is 2. The molecular weight excluding hydrogens is 520 g/mol. The minimum atomic E-state index is -0.726. The molecule has 41 heavy (non-hydrogen) atoms. The van der Waals surface area contributed by atoms with Crippen LogP contribution in [-0.2, 0) is 22.7 Å². The molecule has 5 aromatic rings. The Morgan fingerprint density at radius 1 is 0.659 bits per heavy atom. The Kier molecular flexibility index (Phi) is 8.40. The lowest BCUT2D eigenvalue weighted by molar-refractivity contribution is 0.0549. The van der Waals surface area contributed by atoms with Gasteiger partial charge >= 0.3 is 11.9 Å². The van der Waals surface area contributed by atoms with E-state index in [9.17, 15) is 9.59 Å². The van der Waals surface area contributed by atoms with E-state index < -0.39 is 11.9 Å². The molecule has 0 unspecified atom stereocenters. The summed E-state index contributed by atoms with van der Waals surface area (Å²) in [6, 6.07) is 33.8. The number of ether oxygens (including phenoxy) is 4. The van der Waals surface area contributed by atoms with Gasteiger partial charge in [-0.3, -0.25) is 0 Å². The predicted molar refractivity (Wildman–Crippen MR) is 153 cm³/mol. The van der Waals surface area contributed by atoms with E-state index in [4.69, 9.17) is 18.9 Å². The highest BCUT2D eigenvalue weighted by molar-refractivity contribution is 6.06. The first-order valence-corrected chi connectivity index (χ1v) is 12.9. The largest absolute Gasteiger partial charge is 0.485 e. The van der Waals surface area contributed by atoms with E-state index in [1.807, 2.05) is 78.9 Å². The lowest BCUT2D eigenvalue weighted by Crippen LogP contribution is -2.15. The van der Waals surface area contributed by atoms with Crippen LogP contribution in [0.5, 0.6) is 11.5 Å². The van der Waals surface area contributed by atoms with Gasteiger partial charge in [-0.2, -0.15) is 5.10 Å². The summed E-state index contributed by atoms with van der Waals surface area (Å²) in [7, 11) is 2.50. The van der Waals surface area contributed by atoms with Gasteiger partial charge in [-0.1, -0.05) is 78.9 Å². The standard InChI is InChI=1S/C33H28N2O6/c1-38-32(36)29-30(34-35(31(29)33(37)39-2)26-16-10-5-11-17-26)25-18-19-27(40-21-23-12-6-3-7-13-23)28(20-25)41-22-24-14-8-4-9-15-24/h3-20H,21-22H2,1-2H3. The molecule has 0 aliphatic carbocycles. The molecule has 8 nitrogen and oxygen atoms in total. The molecule has 0 saturated heterocycles. The van der Waals surface area contributed by atoms with Crippen LogP contribution in [0.15, 0.2) is 109 Å². The Morgan fingerprint density at radius 3 is 1.76 bits per heavy atom. The number of carbonyl (C=O) groups excluding carboxylic acids is 2. The first-order valence-electron chi connectivity index (χ1n) is 12.9. The average molecular weight is 549 g/mol. The first-order chi connectivity index (χ1) is 20.1. The van der Waals surface area contributed by atoms with Crippen molar-refractivity contribution in [2.24, 2.45) is 0 Å². The van der Waals surface area contributed by atoms with Crippen molar-refractivity contribution < 1.29 is 28.5 Å². The molecule has 0 saturated carbocycles. The van der Waals surface area contributed by atoms with Crippen LogP contribution in [0.2, 0.25) is 0 Å². The van der Waals surface area contributed by atoms with Crippen molar-refractivity contribution in [2.45, 2.75) is 13.2 Å². The second kappa shape index (κ2) is 12.7. The molecule has 1 aromatic heterocycles. The predicted octanol–water partition coefficient (Wildman–Crippen LogP) is 6.27. The zero-order chi connectivity index (χ0) is 28.6. The molecular formula is C33H28N2O6. The van der Waals surface area contributed by atoms with Crippen molar-refractivity contribution in [3.8, 4) is 28.4 Å². The summed E-state index contributed by atoms with van der Waals surface area (Å²) in [5.41, 5.74) is 3.26. The number of para-hydroxylation sites is 1. The van der Waals surface area contributed by atoms with Crippen molar-refractivity contribution in [2.75, 3.05) is 14.2 Å². The van der Waals surface area contributed by atoms with Crippen molar-refractivity contribution in [3.05, 3.63) is 132 Å². The summed E-state index contributed by atoms with van der Waals surface area (Å²) >= 11 is 0. The van der Waals surface area contributed by atoms with Crippen LogP contribution in [0.25, 0.3) is 16.9 Å². The number of benzene rings is 4. The second-order valence-corrected chi connectivity index (χ2v) is 9.01. The molecule has 0 aliphatic heterocycles. The highest BCUT2D eigenvalue weighted by Gasteiger charge is 2.31. The highest BCUT2D eigenvalue weighted by Crippen LogP contribution is 2.36. The van der Waals surface area contributed by atoms with E-state index in [-0.39, 0.29) is 17.0 Å². The molecule has 0 N–H and O–H groups in total. The maximum Gasteiger partial charge on any atom is 0.357 e. The van der Waals surface area contributed by atoms with Gasteiger partial charge in [0.05, 0.1) is 19.9 Å². The van der Waals surface area contributed by atoms with Crippen LogP contribution in [0.3, 0.4) is 0 Å². The number of esters is 2. The highest BCUT2D eigenvalue weighted by atomic mass is 16.5. The Hall–Kier alpha value is -5.37. The Labute approximate surface area is 237 Å². The third-order valence-electron chi connectivity index (χ3n) is 6.35. The van der Waals surface area contributed by atoms with Gasteiger partial charge in [-0.15, -0.1) is 0 Å². The van der Waals surface area contributed by atoms with Gasteiger partial charge in [0.2, 0.25) is 0 Å². The summed E-state index contributed by atoms with van der Waals surface area (Å²) in [5.74, 6) is -0.481. The van der Waals surface area contributed by atoms with Crippen molar-refractivity contribution in [3.63, 3.8) is 0 Å². The normalized spacial score (nSPS) is 10.6. The van der Waals surface area contributed by atoms with Gasteiger partial charge in [0, 0.05) is 5.56 Å². The molecule has 0 radical (unpaired) electrons. The smallest absolute Gasteiger partial charge is 0.357 e. The SMILES string of the molecule is COC(=O)c1c(-c2ccc(OCc3ccccc3)c(OCc3ccccc3)c2)nn(-c2ccccc2)c1C(=O)OC. The van der Waals surface area contributed by atoms with Gasteiger partial charge in [0.15, 0.2) is 17.2 Å². The number of aromatic nitrogens is 2. The maximum atomic E-state index is 13.1. The first kappa shape index (κ1) is 27.2. The van der Waals surface area contributed by atoms with Gasteiger partial charge in [-0.25, -0.2) is 14.3 Å². The minimum Gasteiger partial charge on any atom is -0.485 e. The topological polar surface area (TPSA) is 88.9 Å². The lowest BCUT2D eigenvalue weighted by atomic mass is 10.0. The average Bonchev–Trinajstić information content (AvgIpc) is 3.44. The van der Waals surface area contributed by atoms with E-state index in [2.05, 4.69) is 5.10 Å². The fraction of sp³-hybridized carbons (Fsp3) is 0.121. The van der Waals surface area contributed by atoms with E-state index in [1.54, 1.807) is 30.3 Å². The zero-order valence-corrected chi connectivity index (χ0v) is 22.7. The zero-order valence-electron chi connectivity index (χ0n) is 22.7. The van der Waals surface area contributed by atoms with Crippen LogP contribution in [0.4, 0.5) is 0 Å². The Morgan fingerprint density at radius 2 is 1.20 bits per heavy atom. The number of hydrogen-bond acceptors (Lipinski definition) is 7. The molecule has 5 rings (SSSR count). The lowest BCUT2D eigenvalue weighted by Gasteiger charge is -2.14. The van der Waals surface area contributed by atoms with E-state index in [0.29, 0.717) is 36.0 Å². The molecule has 206 valence electrons. The Balaban J connectivity index is 1.61. The summed E-state index contributed by atoms with van der Waals surface area (Å²) in [4.78, 5) is 26.0. The summed E-state index contributed by atoms with van der Waals surface area (Å²) < 4.78 is 23.9. The summed E-state index contributed by atoms with van der Waals surface area (Å²) in [5, 5.41) is 4.69. The molecule has 0 atom stereocenters. The van der Waals surface area contributed by atoms with Gasteiger partial charge in [0.25, 0.3) is 0 Å². The van der Waals surface area contributed by atoms with E-state index in [1.165, 1.54) is 18.9 Å². The van der Waals surface area contributed by atoms with Crippen molar-refractivity contribution in [1.82, 2.24) is 9.78 Å². The van der Waals surface area contributed by atoms with Gasteiger partial charge in [-0.05, 0) is 41.5 Å². The third-order valence-corrected chi connectivity index (χ3v) is 6.35. The van der Waals surface area contributed by atoms with Crippen LogP contribution in [0.1, 0.15) is 32.0 Å². The molecule has 0 bridgehead atoms. The second-order valence-electron chi connectivity index (χ2n) is 9.01. The van der Waals surface area contributed by atoms with E-state index in [0.717, 1.165) is 11.1 Å². The molecule has 0 fully saturated rings. The van der Waals surface area contributed by atoms with Crippen LogP contribution in [0, 0.1) is 0 Å². The maximum absolute atomic E-state index is 13.1. The van der Waals surface area contributed by atoms with Crippen LogP contribution < -0.4 is 9.47 Å².